The lowest BCUT2D eigenvalue weighted by Crippen LogP contribution is -2.55. The van der Waals surface area contributed by atoms with Crippen LogP contribution in [-0.4, -0.2) is 92.0 Å². The third-order valence-corrected chi connectivity index (χ3v) is 6.49. The topological polar surface area (TPSA) is 165 Å². The van der Waals surface area contributed by atoms with Crippen molar-refractivity contribution >= 4 is 40.9 Å². The number of nitrogens with zero attached hydrogens (tertiary/aromatic N) is 2. The Kier molecular flexibility index (Phi) is 11.3. The molecule has 3 rings (SSSR count). The van der Waals surface area contributed by atoms with Crippen LogP contribution in [0.2, 0.25) is 5.02 Å². The van der Waals surface area contributed by atoms with Gasteiger partial charge in [-0.2, -0.15) is 4.98 Å². The second-order valence-electron chi connectivity index (χ2n) is 9.01. The molecule has 0 aliphatic carbocycles. The van der Waals surface area contributed by atoms with Crippen LogP contribution >= 0.6 is 11.6 Å². The molecule has 2 heterocycles. The minimum atomic E-state index is -0.415. The number of piperidine rings is 1. The molecule has 13 heteroatoms. The summed E-state index contributed by atoms with van der Waals surface area (Å²) < 4.78 is 15.8. The fourth-order valence-corrected chi connectivity index (χ4v) is 4.31. The SMILES string of the molecule is COc1nc(N)c(Cl)cc1C(=O)N[C@@H]1CCN(CC(=O)Nc2ccc(CC(=O)OCCCO)cc2)C[C@@H]1OC. The van der Waals surface area contributed by atoms with E-state index in [1.807, 2.05) is 4.90 Å². The molecule has 0 unspecified atom stereocenters. The van der Waals surface area contributed by atoms with Gasteiger partial charge < -0.3 is 35.7 Å². The van der Waals surface area contributed by atoms with E-state index in [4.69, 9.17) is 36.7 Å². The van der Waals surface area contributed by atoms with Gasteiger partial charge in [-0.15, -0.1) is 0 Å². The first-order valence-corrected chi connectivity index (χ1v) is 12.8. The lowest BCUT2D eigenvalue weighted by Gasteiger charge is -2.37. The number of benzene rings is 1. The molecule has 212 valence electrons. The molecule has 1 fully saturated rings. The molecule has 2 atom stereocenters. The number of hydrogen-bond acceptors (Lipinski definition) is 10. The van der Waals surface area contributed by atoms with E-state index in [9.17, 15) is 14.4 Å². The fraction of sp³-hybridized carbons (Fsp3) is 0.462. The Balaban J connectivity index is 1.49. The number of nitrogens with two attached hydrogens (primary N) is 1. The number of aliphatic hydroxyl groups is 1. The summed E-state index contributed by atoms with van der Waals surface area (Å²) in [7, 11) is 2.94. The van der Waals surface area contributed by atoms with E-state index in [0.717, 1.165) is 5.56 Å². The molecule has 1 saturated heterocycles. The van der Waals surface area contributed by atoms with E-state index >= 15 is 0 Å². The second kappa shape index (κ2) is 14.6. The highest BCUT2D eigenvalue weighted by atomic mass is 35.5. The zero-order valence-electron chi connectivity index (χ0n) is 21.9. The van der Waals surface area contributed by atoms with Gasteiger partial charge in [0.05, 0.1) is 43.9 Å². The number of ether oxygens (including phenoxy) is 3. The highest BCUT2D eigenvalue weighted by Gasteiger charge is 2.32. The number of halogens is 1. The molecule has 1 aliphatic rings. The number of hydrogen-bond donors (Lipinski definition) is 4. The number of esters is 1. The van der Waals surface area contributed by atoms with Crippen LogP contribution in [0.5, 0.6) is 5.88 Å². The first kappa shape index (κ1) is 30.1. The average molecular weight is 564 g/mol. The van der Waals surface area contributed by atoms with E-state index in [2.05, 4.69) is 15.6 Å². The number of methoxy groups -OCH3 is 2. The Hall–Kier alpha value is -3.45. The van der Waals surface area contributed by atoms with Gasteiger partial charge in [0.1, 0.15) is 11.4 Å². The van der Waals surface area contributed by atoms with Crippen LogP contribution in [0.4, 0.5) is 11.5 Å². The number of nitrogens with one attached hydrogen (secondary N) is 2. The quantitative estimate of drug-likeness (QED) is 0.218. The van der Waals surface area contributed by atoms with Crippen molar-refractivity contribution in [3.63, 3.8) is 0 Å². The molecule has 1 aromatic carbocycles. The monoisotopic (exact) mass is 563 g/mol. The number of anilines is 2. The van der Waals surface area contributed by atoms with Gasteiger partial charge in [0.15, 0.2) is 0 Å². The van der Waals surface area contributed by atoms with Gasteiger partial charge in [-0.05, 0) is 30.2 Å². The Bertz CT molecular complexity index is 1150. The normalized spacial score (nSPS) is 17.3. The van der Waals surface area contributed by atoms with Crippen molar-refractivity contribution < 1.29 is 33.7 Å². The molecule has 0 spiro atoms. The number of aromatic nitrogens is 1. The number of pyridine rings is 1. The molecule has 5 N–H and O–H groups in total. The van der Waals surface area contributed by atoms with Crippen molar-refractivity contribution in [2.24, 2.45) is 0 Å². The van der Waals surface area contributed by atoms with E-state index in [1.165, 1.54) is 13.2 Å². The van der Waals surface area contributed by atoms with Gasteiger partial charge in [0.25, 0.3) is 5.91 Å². The molecule has 2 aromatic rings. The maximum absolute atomic E-state index is 12.9. The zero-order chi connectivity index (χ0) is 28.4. The Morgan fingerprint density at radius 2 is 1.97 bits per heavy atom. The van der Waals surface area contributed by atoms with Crippen molar-refractivity contribution in [1.82, 2.24) is 15.2 Å². The first-order valence-electron chi connectivity index (χ1n) is 12.4. The van der Waals surface area contributed by atoms with Crippen molar-refractivity contribution in [2.75, 3.05) is 58.1 Å². The molecule has 0 bridgehead atoms. The van der Waals surface area contributed by atoms with Gasteiger partial charge in [-0.25, -0.2) is 0 Å². The van der Waals surface area contributed by atoms with Gasteiger partial charge in [-0.1, -0.05) is 23.7 Å². The molecule has 2 amide bonds. The number of aliphatic hydroxyl groups excluding tert-OH is 1. The lowest BCUT2D eigenvalue weighted by atomic mass is 10.0. The smallest absolute Gasteiger partial charge is 0.310 e. The van der Waals surface area contributed by atoms with Crippen molar-refractivity contribution in [3.8, 4) is 5.88 Å². The number of likely N-dealkylation sites (tertiary alicyclic amines) is 1. The maximum atomic E-state index is 12.9. The minimum Gasteiger partial charge on any atom is -0.480 e. The number of rotatable bonds is 12. The molecule has 0 saturated carbocycles. The fourth-order valence-electron chi connectivity index (χ4n) is 4.16. The summed E-state index contributed by atoms with van der Waals surface area (Å²) in [5.41, 5.74) is 7.23. The number of carbonyl (C=O) groups is 3. The Morgan fingerprint density at radius 3 is 2.64 bits per heavy atom. The third-order valence-electron chi connectivity index (χ3n) is 6.19. The zero-order valence-corrected chi connectivity index (χ0v) is 22.7. The number of carbonyl (C=O) groups excluding carboxylic acids is 3. The summed E-state index contributed by atoms with van der Waals surface area (Å²) in [4.78, 5) is 43.3. The molecular weight excluding hydrogens is 530 g/mol. The molecule has 12 nitrogen and oxygen atoms in total. The maximum Gasteiger partial charge on any atom is 0.310 e. The van der Waals surface area contributed by atoms with Gasteiger partial charge in [0, 0.05) is 38.9 Å². The standard InChI is InChI=1S/C26H34ClN5O7/c1-37-21-14-32(9-8-20(21)30-25(36)18-13-19(27)24(28)31-26(18)38-2)15-22(34)29-17-6-4-16(5-7-17)12-23(35)39-11-3-10-33/h4-7,13,20-21,33H,3,8-12,14-15H2,1-2H3,(H2,28,31)(H,29,34)(H,30,36)/t20-,21+/m1/s1. The Morgan fingerprint density at radius 1 is 1.23 bits per heavy atom. The third kappa shape index (κ3) is 8.79. The number of nitrogen functional groups attached to an aromatic ring is 1. The van der Waals surface area contributed by atoms with Crippen LogP contribution in [0.25, 0.3) is 0 Å². The van der Waals surface area contributed by atoms with E-state index in [1.54, 1.807) is 31.4 Å². The van der Waals surface area contributed by atoms with Crippen LogP contribution in [0.15, 0.2) is 30.3 Å². The number of amides is 2. The van der Waals surface area contributed by atoms with Crippen molar-refractivity contribution in [1.29, 1.82) is 0 Å². The summed E-state index contributed by atoms with van der Waals surface area (Å²) in [5, 5.41) is 14.7. The molecular formula is C26H34ClN5O7. The predicted molar refractivity (Wildman–Crippen MR) is 145 cm³/mol. The first-order chi connectivity index (χ1) is 18.7. The molecule has 0 radical (unpaired) electrons. The largest absolute Gasteiger partial charge is 0.480 e. The molecule has 1 aromatic heterocycles. The van der Waals surface area contributed by atoms with E-state index in [-0.39, 0.29) is 72.5 Å². The van der Waals surface area contributed by atoms with Crippen LogP contribution < -0.4 is 21.1 Å². The summed E-state index contributed by atoms with van der Waals surface area (Å²) in [6.07, 6.45) is 0.715. The Labute approximate surface area is 231 Å². The summed E-state index contributed by atoms with van der Waals surface area (Å²) in [5.74, 6) is -0.848. The predicted octanol–water partition coefficient (Wildman–Crippen LogP) is 1.25. The highest BCUT2D eigenvalue weighted by molar-refractivity contribution is 6.33. The van der Waals surface area contributed by atoms with Gasteiger partial charge in [-0.3, -0.25) is 19.3 Å². The summed E-state index contributed by atoms with van der Waals surface area (Å²) in [6, 6.07) is 8.05. The van der Waals surface area contributed by atoms with Crippen LogP contribution in [0, 0.1) is 0 Å². The second-order valence-corrected chi connectivity index (χ2v) is 9.42. The molecule has 39 heavy (non-hydrogen) atoms. The van der Waals surface area contributed by atoms with Gasteiger partial charge >= 0.3 is 5.97 Å². The van der Waals surface area contributed by atoms with Crippen molar-refractivity contribution in [3.05, 3.63) is 46.5 Å². The minimum absolute atomic E-state index is 0.0316. The summed E-state index contributed by atoms with van der Waals surface area (Å²) in [6.45, 7) is 1.29. The van der Waals surface area contributed by atoms with Gasteiger partial charge in [0.2, 0.25) is 11.8 Å². The molecule has 1 aliphatic heterocycles. The van der Waals surface area contributed by atoms with E-state index < -0.39 is 5.91 Å². The highest BCUT2D eigenvalue weighted by Crippen LogP contribution is 2.25. The van der Waals surface area contributed by atoms with E-state index in [0.29, 0.717) is 31.6 Å². The van der Waals surface area contributed by atoms with Crippen LogP contribution in [0.3, 0.4) is 0 Å². The van der Waals surface area contributed by atoms with Crippen molar-refractivity contribution in [2.45, 2.75) is 31.4 Å². The van der Waals surface area contributed by atoms with Crippen LogP contribution in [0.1, 0.15) is 28.8 Å². The summed E-state index contributed by atoms with van der Waals surface area (Å²) >= 11 is 6.04. The van der Waals surface area contributed by atoms with Crippen LogP contribution in [-0.2, 0) is 25.5 Å². The average Bonchev–Trinajstić information content (AvgIpc) is 2.91. The lowest BCUT2D eigenvalue weighted by molar-refractivity contribution is -0.143.